The molecular weight excluding hydrogens is 462 g/mol. The molecule has 0 aliphatic rings. The number of pyridine rings is 1. The number of ether oxygens (including phenoxy) is 1. The fourth-order valence-corrected chi connectivity index (χ4v) is 2.60. The van der Waals surface area contributed by atoms with Crippen molar-refractivity contribution >= 4 is 35.6 Å². The lowest BCUT2D eigenvalue weighted by Crippen LogP contribution is -2.39. The summed E-state index contributed by atoms with van der Waals surface area (Å²) in [6.07, 6.45) is 1.70. The van der Waals surface area contributed by atoms with Crippen LogP contribution in [0.25, 0.3) is 5.65 Å². The molecule has 27 heavy (non-hydrogen) atoms. The minimum absolute atomic E-state index is 0. The fourth-order valence-electron chi connectivity index (χ4n) is 2.60. The van der Waals surface area contributed by atoms with Gasteiger partial charge >= 0.3 is 0 Å². The molecule has 1 unspecified atom stereocenters. The van der Waals surface area contributed by atoms with Crippen molar-refractivity contribution in [2.75, 3.05) is 20.7 Å². The van der Waals surface area contributed by atoms with Crippen molar-refractivity contribution in [3.63, 3.8) is 0 Å². The standard InChI is InChI=1S/C18H21FN6O.HI/c1-20-18(21-11-15(26-2)13-6-8-14(19)9-7-13)22-12-17-24-23-16-5-3-4-10-25(16)17;/h3-10,15H,11-12H2,1-2H3,(H2,20,21,22);1H. The van der Waals surface area contributed by atoms with Gasteiger partial charge in [0.25, 0.3) is 0 Å². The topological polar surface area (TPSA) is 75.8 Å². The first-order chi connectivity index (χ1) is 12.7. The Labute approximate surface area is 174 Å². The summed E-state index contributed by atoms with van der Waals surface area (Å²) in [5, 5.41) is 14.7. The Morgan fingerprint density at radius 2 is 1.96 bits per heavy atom. The predicted octanol–water partition coefficient (Wildman–Crippen LogP) is 2.54. The van der Waals surface area contributed by atoms with Gasteiger partial charge in [-0.05, 0) is 29.8 Å². The number of halogens is 2. The van der Waals surface area contributed by atoms with Gasteiger partial charge in [0.15, 0.2) is 17.4 Å². The van der Waals surface area contributed by atoms with Crippen LogP contribution in [0.5, 0.6) is 0 Å². The highest BCUT2D eigenvalue weighted by molar-refractivity contribution is 14.0. The first-order valence-corrected chi connectivity index (χ1v) is 8.22. The summed E-state index contributed by atoms with van der Waals surface area (Å²) in [5.41, 5.74) is 1.68. The van der Waals surface area contributed by atoms with Crippen LogP contribution < -0.4 is 10.6 Å². The lowest BCUT2D eigenvalue weighted by molar-refractivity contribution is 0.106. The van der Waals surface area contributed by atoms with Gasteiger partial charge in [0.1, 0.15) is 5.82 Å². The van der Waals surface area contributed by atoms with Crippen molar-refractivity contribution in [1.29, 1.82) is 0 Å². The Morgan fingerprint density at radius 3 is 2.67 bits per heavy atom. The molecule has 3 rings (SSSR count). The monoisotopic (exact) mass is 484 g/mol. The van der Waals surface area contributed by atoms with Crippen LogP contribution >= 0.6 is 24.0 Å². The zero-order valence-electron chi connectivity index (χ0n) is 15.1. The molecule has 0 bridgehead atoms. The molecule has 0 aliphatic heterocycles. The van der Waals surface area contributed by atoms with Gasteiger partial charge in [0.2, 0.25) is 0 Å². The predicted molar refractivity (Wildman–Crippen MR) is 113 cm³/mol. The van der Waals surface area contributed by atoms with Crippen LogP contribution in [0.3, 0.4) is 0 Å². The number of fused-ring (bicyclic) bond motifs is 1. The number of aliphatic imine (C=N–C) groups is 1. The summed E-state index contributed by atoms with van der Waals surface area (Å²) in [7, 11) is 3.31. The van der Waals surface area contributed by atoms with E-state index in [1.54, 1.807) is 26.3 Å². The number of nitrogens with zero attached hydrogens (tertiary/aromatic N) is 4. The molecule has 144 valence electrons. The molecule has 0 saturated carbocycles. The van der Waals surface area contributed by atoms with E-state index >= 15 is 0 Å². The zero-order valence-corrected chi connectivity index (χ0v) is 17.4. The van der Waals surface area contributed by atoms with E-state index in [1.807, 2.05) is 28.8 Å². The average molecular weight is 484 g/mol. The van der Waals surface area contributed by atoms with E-state index in [1.165, 1.54) is 12.1 Å². The maximum Gasteiger partial charge on any atom is 0.191 e. The van der Waals surface area contributed by atoms with Gasteiger partial charge in [-0.25, -0.2) is 4.39 Å². The lowest BCUT2D eigenvalue weighted by Gasteiger charge is -2.18. The summed E-state index contributed by atoms with van der Waals surface area (Å²) in [6, 6.07) is 12.0. The van der Waals surface area contributed by atoms with Gasteiger partial charge < -0.3 is 15.4 Å². The molecule has 0 saturated heterocycles. The highest BCUT2D eigenvalue weighted by atomic mass is 127. The van der Waals surface area contributed by atoms with Crippen molar-refractivity contribution in [1.82, 2.24) is 25.2 Å². The Morgan fingerprint density at radius 1 is 1.19 bits per heavy atom. The second kappa shape index (κ2) is 10.2. The number of guanidine groups is 1. The number of rotatable bonds is 6. The SMILES string of the molecule is CN=C(NCc1nnc2ccccn12)NCC(OC)c1ccc(F)cc1.I. The molecule has 7 nitrogen and oxygen atoms in total. The number of aromatic nitrogens is 3. The minimum atomic E-state index is -0.269. The summed E-state index contributed by atoms with van der Waals surface area (Å²) >= 11 is 0. The summed E-state index contributed by atoms with van der Waals surface area (Å²) in [5.74, 6) is 1.13. The van der Waals surface area contributed by atoms with Crippen molar-refractivity contribution in [3.05, 3.63) is 65.9 Å². The van der Waals surface area contributed by atoms with Crippen molar-refractivity contribution in [3.8, 4) is 0 Å². The number of hydrogen-bond acceptors (Lipinski definition) is 4. The maximum atomic E-state index is 13.1. The molecule has 0 fully saturated rings. The van der Waals surface area contributed by atoms with Crippen LogP contribution in [0.1, 0.15) is 17.5 Å². The van der Waals surface area contributed by atoms with E-state index in [0.29, 0.717) is 19.0 Å². The van der Waals surface area contributed by atoms with Gasteiger partial charge in [-0.1, -0.05) is 18.2 Å². The number of nitrogens with one attached hydrogen (secondary N) is 2. The Hall–Kier alpha value is -2.27. The van der Waals surface area contributed by atoms with Crippen LogP contribution in [-0.4, -0.2) is 41.3 Å². The van der Waals surface area contributed by atoms with E-state index in [2.05, 4.69) is 25.8 Å². The van der Waals surface area contributed by atoms with Crippen LogP contribution in [0.15, 0.2) is 53.7 Å². The van der Waals surface area contributed by atoms with Crippen LogP contribution in [0.2, 0.25) is 0 Å². The quantitative estimate of drug-likeness (QED) is 0.320. The van der Waals surface area contributed by atoms with Crippen molar-refractivity contribution < 1.29 is 9.13 Å². The molecule has 2 aromatic heterocycles. The summed E-state index contributed by atoms with van der Waals surface area (Å²) < 4.78 is 20.5. The highest BCUT2D eigenvalue weighted by Crippen LogP contribution is 2.16. The Bertz CT molecular complexity index is 883. The van der Waals surface area contributed by atoms with Gasteiger partial charge in [-0.2, -0.15) is 0 Å². The molecular formula is C18H22FIN6O. The molecule has 2 N–H and O–H groups in total. The maximum absolute atomic E-state index is 13.1. The number of methoxy groups -OCH3 is 1. The Kier molecular flexibility index (Phi) is 7.92. The first kappa shape index (κ1) is 21.0. The molecule has 2 heterocycles. The second-order valence-corrected chi connectivity index (χ2v) is 5.63. The average Bonchev–Trinajstić information content (AvgIpc) is 3.09. The smallest absolute Gasteiger partial charge is 0.191 e. The highest BCUT2D eigenvalue weighted by Gasteiger charge is 2.12. The second-order valence-electron chi connectivity index (χ2n) is 5.63. The minimum Gasteiger partial charge on any atom is -0.375 e. The number of hydrogen-bond donors (Lipinski definition) is 2. The lowest BCUT2D eigenvalue weighted by atomic mass is 10.1. The Balaban J connectivity index is 0.00000261. The number of benzene rings is 1. The van der Waals surface area contributed by atoms with Gasteiger partial charge in [-0.15, -0.1) is 34.2 Å². The third-order valence-corrected chi connectivity index (χ3v) is 4.00. The fraction of sp³-hybridized carbons (Fsp3) is 0.278. The first-order valence-electron chi connectivity index (χ1n) is 8.22. The molecule has 0 aliphatic carbocycles. The molecule has 3 aromatic rings. The molecule has 0 radical (unpaired) electrons. The summed E-state index contributed by atoms with van der Waals surface area (Å²) in [6.45, 7) is 0.960. The summed E-state index contributed by atoms with van der Waals surface area (Å²) in [4.78, 5) is 4.20. The molecule has 1 atom stereocenters. The van der Waals surface area contributed by atoms with Crippen LogP contribution in [0.4, 0.5) is 4.39 Å². The van der Waals surface area contributed by atoms with E-state index in [9.17, 15) is 4.39 Å². The van der Waals surface area contributed by atoms with Crippen LogP contribution in [-0.2, 0) is 11.3 Å². The molecule has 1 aromatic carbocycles. The van der Waals surface area contributed by atoms with E-state index in [0.717, 1.165) is 17.0 Å². The normalized spacial score (nSPS) is 12.5. The zero-order chi connectivity index (χ0) is 18.4. The van der Waals surface area contributed by atoms with Crippen molar-refractivity contribution in [2.24, 2.45) is 4.99 Å². The van der Waals surface area contributed by atoms with Crippen LogP contribution in [0, 0.1) is 5.82 Å². The third kappa shape index (κ3) is 5.36. The van der Waals surface area contributed by atoms with E-state index in [4.69, 9.17) is 4.74 Å². The molecule has 0 spiro atoms. The van der Waals surface area contributed by atoms with E-state index < -0.39 is 0 Å². The molecule has 9 heteroatoms. The van der Waals surface area contributed by atoms with Crippen molar-refractivity contribution in [2.45, 2.75) is 12.6 Å². The molecule has 0 amide bonds. The van der Waals surface area contributed by atoms with Gasteiger partial charge in [-0.3, -0.25) is 9.39 Å². The largest absolute Gasteiger partial charge is 0.375 e. The third-order valence-electron chi connectivity index (χ3n) is 4.00. The van der Waals surface area contributed by atoms with Gasteiger partial charge in [0.05, 0.1) is 12.6 Å². The van der Waals surface area contributed by atoms with Gasteiger partial charge in [0, 0.05) is 26.9 Å². The van der Waals surface area contributed by atoms with E-state index in [-0.39, 0.29) is 35.9 Å².